The topological polar surface area (TPSA) is 51.1 Å². The van der Waals surface area contributed by atoms with Crippen molar-refractivity contribution in [2.24, 2.45) is 4.99 Å². The van der Waals surface area contributed by atoms with Crippen LogP contribution in [-0.4, -0.2) is 26.0 Å². The molecule has 0 atom stereocenters. The highest BCUT2D eigenvalue weighted by Gasteiger charge is 2.32. The summed E-state index contributed by atoms with van der Waals surface area (Å²) in [5.41, 5.74) is 2.60. The van der Waals surface area contributed by atoms with Gasteiger partial charge in [0.2, 0.25) is 0 Å². The Morgan fingerprint density at radius 3 is 2.26 bits per heavy atom. The maximum Gasteiger partial charge on any atom is 0.282 e. The summed E-state index contributed by atoms with van der Waals surface area (Å²) in [7, 11) is 3.15. The van der Waals surface area contributed by atoms with E-state index in [0.717, 1.165) is 15.6 Å². The number of halogens is 2. The Morgan fingerprint density at radius 2 is 1.61 bits per heavy atom. The van der Waals surface area contributed by atoms with Crippen molar-refractivity contribution in [2.75, 3.05) is 19.1 Å². The zero-order valence-electron chi connectivity index (χ0n) is 16.8. The number of carbonyl (C=O) groups excluding carboxylic acids is 1. The lowest BCUT2D eigenvalue weighted by Gasteiger charge is -2.18. The molecule has 0 aliphatic carbocycles. The number of ether oxygens (including phenoxy) is 2. The second-order valence-corrected chi connectivity index (χ2v) is 8.06. The molecule has 0 radical (unpaired) electrons. The van der Waals surface area contributed by atoms with E-state index in [0.29, 0.717) is 33.7 Å². The first-order valence-electron chi connectivity index (χ1n) is 9.38. The number of hydrogen-bond donors (Lipinski definition) is 0. The van der Waals surface area contributed by atoms with E-state index in [1.54, 1.807) is 61.6 Å². The molecule has 7 heteroatoms. The van der Waals surface area contributed by atoms with E-state index >= 15 is 0 Å². The van der Waals surface area contributed by atoms with Crippen LogP contribution in [0, 0.1) is 0 Å². The molecule has 1 amide bonds. The Morgan fingerprint density at radius 1 is 0.935 bits per heavy atom. The first kappa shape index (κ1) is 21.2. The van der Waals surface area contributed by atoms with Gasteiger partial charge in [-0.2, -0.15) is 0 Å². The summed E-state index contributed by atoms with van der Waals surface area (Å²) in [6.45, 7) is 0. The number of carbonyl (C=O) groups is 1. The quantitative estimate of drug-likeness (QED) is 0.409. The van der Waals surface area contributed by atoms with Gasteiger partial charge in [0.25, 0.3) is 5.91 Å². The summed E-state index contributed by atoms with van der Waals surface area (Å²) in [6.07, 6.45) is 1.74. The van der Waals surface area contributed by atoms with E-state index in [1.165, 1.54) is 0 Å². The van der Waals surface area contributed by atoms with Crippen LogP contribution in [0.25, 0.3) is 6.08 Å². The molecule has 0 saturated carbocycles. The third-order valence-electron chi connectivity index (χ3n) is 4.76. The second-order valence-electron chi connectivity index (χ2n) is 6.70. The summed E-state index contributed by atoms with van der Waals surface area (Å²) >= 11 is 9.49. The van der Waals surface area contributed by atoms with Gasteiger partial charge in [-0.05, 0) is 60.2 Å². The monoisotopic (exact) mass is 496 g/mol. The molecule has 1 heterocycles. The van der Waals surface area contributed by atoms with Gasteiger partial charge in [-0.15, -0.1) is 0 Å². The van der Waals surface area contributed by atoms with Gasteiger partial charge in [-0.3, -0.25) is 9.69 Å². The predicted molar refractivity (Wildman–Crippen MR) is 127 cm³/mol. The molecule has 0 spiro atoms. The largest absolute Gasteiger partial charge is 0.493 e. The van der Waals surface area contributed by atoms with Crippen LogP contribution in [0.15, 0.2) is 81.9 Å². The summed E-state index contributed by atoms with van der Waals surface area (Å²) in [6, 6.07) is 20.2. The number of hydrogen-bond acceptors (Lipinski definition) is 4. The van der Waals surface area contributed by atoms with Crippen molar-refractivity contribution in [3.05, 3.63) is 93.0 Å². The number of methoxy groups -OCH3 is 2. The molecular weight excluding hydrogens is 480 g/mol. The maximum atomic E-state index is 13.4. The molecule has 31 heavy (non-hydrogen) atoms. The average Bonchev–Trinajstić information content (AvgIpc) is 3.10. The van der Waals surface area contributed by atoms with E-state index in [9.17, 15) is 4.79 Å². The SMILES string of the molecule is COc1ccc(/C=C2/N=C(c3ccc(Br)cc3)N(c3ccc(Cl)cc3)C2=O)cc1OC. The van der Waals surface area contributed by atoms with Gasteiger partial charge in [0.15, 0.2) is 11.5 Å². The van der Waals surface area contributed by atoms with Crippen molar-refractivity contribution in [1.29, 1.82) is 0 Å². The number of benzene rings is 3. The van der Waals surface area contributed by atoms with Crippen molar-refractivity contribution in [3.8, 4) is 11.5 Å². The van der Waals surface area contributed by atoms with Gasteiger partial charge in [-0.1, -0.05) is 45.7 Å². The van der Waals surface area contributed by atoms with Crippen LogP contribution in [0.3, 0.4) is 0 Å². The molecule has 0 aromatic heterocycles. The highest BCUT2D eigenvalue weighted by molar-refractivity contribution is 9.10. The number of amidine groups is 1. The normalized spacial score (nSPS) is 14.7. The van der Waals surface area contributed by atoms with Gasteiger partial charge < -0.3 is 9.47 Å². The number of amides is 1. The molecule has 1 aliphatic heterocycles. The highest BCUT2D eigenvalue weighted by Crippen LogP contribution is 2.32. The van der Waals surface area contributed by atoms with Crippen LogP contribution in [0.2, 0.25) is 5.02 Å². The first-order valence-corrected chi connectivity index (χ1v) is 10.6. The average molecular weight is 498 g/mol. The first-order chi connectivity index (χ1) is 15.0. The molecule has 0 N–H and O–H groups in total. The predicted octanol–water partition coefficient (Wildman–Crippen LogP) is 5.95. The van der Waals surface area contributed by atoms with Crippen LogP contribution in [0.4, 0.5) is 5.69 Å². The van der Waals surface area contributed by atoms with Crippen LogP contribution in [0.1, 0.15) is 11.1 Å². The summed E-state index contributed by atoms with van der Waals surface area (Å²) in [5, 5.41) is 0.596. The minimum Gasteiger partial charge on any atom is -0.493 e. The Kier molecular flexibility index (Phi) is 6.11. The van der Waals surface area contributed by atoms with Crippen LogP contribution < -0.4 is 14.4 Å². The molecule has 0 bridgehead atoms. The van der Waals surface area contributed by atoms with Crippen LogP contribution >= 0.6 is 27.5 Å². The summed E-state index contributed by atoms with van der Waals surface area (Å²) < 4.78 is 11.6. The fourth-order valence-corrected chi connectivity index (χ4v) is 3.63. The van der Waals surface area contributed by atoms with Gasteiger partial charge >= 0.3 is 0 Å². The molecule has 5 nitrogen and oxygen atoms in total. The van der Waals surface area contributed by atoms with Crippen LogP contribution in [-0.2, 0) is 4.79 Å². The van der Waals surface area contributed by atoms with Gasteiger partial charge in [-0.25, -0.2) is 4.99 Å². The van der Waals surface area contributed by atoms with Gasteiger partial charge in [0.1, 0.15) is 11.5 Å². The molecule has 0 unspecified atom stereocenters. The smallest absolute Gasteiger partial charge is 0.282 e. The van der Waals surface area contributed by atoms with E-state index in [1.807, 2.05) is 30.3 Å². The fraction of sp³-hybridized carbons (Fsp3) is 0.0833. The summed E-state index contributed by atoms with van der Waals surface area (Å²) in [4.78, 5) is 19.6. The Hall–Kier alpha value is -3.09. The molecule has 1 aliphatic rings. The van der Waals surface area contributed by atoms with E-state index in [2.05, 4.69) is 20.9 Å². The Bertz CT molecular complexity index is 1190. The molecule has 3 aromatic rings. The maximum absolute atomic E-state index is 13.4. The van der Waals surface area contributed by atoms with E-state index in [4.69, 9.17) is 21.1 Å². The second kappa shape index (κ2) is 8.96. The zero-order chi connectivity index (χ0) is 22.0. The van der Waals surface area contributed by atoms with Crippen molar-refractivity contribution >= 4 is 51.0 Å². The molecule has 0 fully saturated rings. The van der Waals surface area contributed by atoms with Gasteiger partial charge in [0.05, 0.1) is 19.9 Å². The van der Waals surface area contributed by atoms with Crippen molar-refractivity contribution in [3.63, 3.8) is 0 Å². The highest BCUT2D eigenvalue weighted by atomic mass is 79.9. The molecular formula is C24H18BrClN2O3. The Balaban J connectivity index is 1.80. The Labute approximate surface area is 193 Å². The van der Waals surface area contributed by atoms with Crippen LogP contribution in [0.5, 0.6) is 11.5 Å². The molecule has 156 valence electrons. The zero-order valence-corrected chi connectivity index (χ0v) is 19.1. The standard InChI is InChI=1S/C24H18BrClN2O3/c1-30-21-12-3-15(14-22(21)31-2)13-20-24(29)28(19-10-8-18(26)9-11-19)23(27-20)16-4-6-17(25)7-5-16/h3-14H,1-2H3/b20-13+. The lowest BCUT2D eigenvalue weighted by atomic mass is 10.1. The van der Waals surface area contributed by atoms with Crippen molar-refractivity contribution < 1.29 is 14.3 Å². The minimum absolute atomic E-state index is 0.227. The van der Waals surface area contributed by atoms with E-state index < -0.39 is 0 Å². The number of nitrogens with zero attached hydrogens (tertiary/aromatic N) is 2. The summed E-state index contributed by atoms with van der Waals surface area (Å²) in [5.74, 6) is 1.51. The van der Waals surface area contributed by atoms with Crippen molar-refractivity contribution in [2.45, 2.75) is 0 Å². The molecule has 3 aromatic carbocycles. The lowest BCUT2D eigenvalue weighted by Crippen LogP contribution is -2.32. The number of anilines is 1. The fourth-order valence-electron chi connectivity index (χ4n) is 3.24. The van der Waals surface area contributed by atoms with Gasteiger partial charge in [0, 0.05) is 15.1 Å². The van der Waals surface area contributed by atoms with Crippen molar-refractivity contribution in [1.82, 2.24) is 0 Å². The minimum atomic E-state index is -0.227. The number of aliphatic imine (C=N–C) groups is 1. The number of rotatable bonds is 5. The molecule has 0 saturated heterocycles. The third-order valence-corrected chi connectivity index (χ3v) is 5.54. The van der Waals surface area contributed by atoms with E-state index in [-0.39, 0.29) is 5.91 Å². The lowest BCUT2D eigenvalue weighted by molar-refractivity contribution is -0.113. The molecule has 4 rings (SSSR count). The third kappa shape index (κ3) is 4.36.